The van der Waals surface area contributed by atoms with Crippen molar-refractivity contribution in [1.29, 1.82) is 0 Å². The van der Waals surface area contributed by atoms with E-state index < -0.39 is 0 Å². The van der Waals surface area contributed by atoms with Crippen LogP contribution in [-0.2, 0) is 13.0 Å². The van der Waals surface area contributed by atoms with Gasteiger partial charge in [0.05, 0.1) is 16.4 Å². The van der Waals surface area contributed by atoms with Crippen LogP contribution in [0.4, 0.5) is 0 Å². The maximum absolute atomic E-state index is 6.30. The standard InChI is InChI=1S/C16H24ClN3/c1-5-13-7-8-15-14(11-13)18-16(12(2)17)20(15)10-6-9-19(3)4/h7-8,11-12H,5-6,9-10H2,1-4H3. The zero-order valence-electron chi connectivity index (χ0n) is 12.9. The third kappa shape index (κ3) is 3.33. The van der Waals surface area contributed by atoms with Crippen LogP contribution in [-0.4, -0.2) is 35.1 Å². The molecule has 2 rings (SSSR count). The summed E-state index contributed by atoms with van der Waals surface area (Å²) >= 11 is 6.30. The van der Waals surface area contributed by atoms with Gasteiger partial charge in [-0.15, -0.1) is 11.6 Å². The molecule has 2 aromatic rings. The molecule has 0 N–H and O–H groups in total. The number of rotatable bonds is 6. The zero-order chi connectivity index (χ0) is 14.7. The highest BCUT2D eigenvalue weighted by molar-refractivity contribution is 6.20. The molecular weight excluding hydrogens is 270 g/mol. The van der Waals surface area contributed by atoms with E-state index in [1.807, 2.05) is 6.92 Å². The number of benzene rings is 1. The van der Waals surface area contributed by atoms with Gasteiger partial charge in [-0.05, 0) is 58.1 Å². The first-order chi connectivity index (χ1) is 9.52. The minimum Gasteiger partial charge on any atom is -0.327 e. The van der Waals surface area contributed by atoms with E-state index in [1.165, 1.54) is 11.1 Å². The van der Waals surface area contributed by atoms with Crippen molar-refractivity contribution < 1.29 is 0 Å². The summed E-state index contributed by atoms with van der Waals surface area (Å²) in [6.45, 7) is 6.20. The molecule has 0 saturated carbocycles. The lowest BCUT2D eigenvalue weighted by molar-refractivity contribution is 0.386. The molecule has 0 spiro atoms. The van der Waals surface area contributed by atoms with Gasteiger partial charge in [-0.1, -0.05) is 13.0 Å². The van der Waals surface area contributed by atoms with Crippen molar-refractivity contribution in [2.45, 2.75) is 38.6 Å². The molecule has 0 aliphatic heterocycles. The first kappa shape index (κ1) is 15.3. The van der Waals surface area contributed by atoms with Crippen LogP contribution in [0.15, 0.2) is 18.2 Å². The van der Waals surface area contributed by atoms with E-state index in [1.54, 1.807) is 0 Å². The second-order valence-corrected chi connectivity index (χ2v) is 6.23. The number of hydrogen-bond donors (Lipinski definition) is 0. The molecule has 3 nitrogen and oxygen atoms in total. The predicted molar refractivity (Wildman–Crippen MR) is 86.6 cm³/mol. The monoisotopic (exact) mass is 293 g/mol. The number of nitrogens with zero attached hydrogens (tertiary/aromatic N) is 3. The fourth-order valence-electron chi connectivity index (χ4n) is 2.50. The van der Waals surface area contributed by atoms with Crippen LogP contribution in [0, 0.1) is 0 Å². The number of aryl methyl sites for hydroxylation is 2. The van der Waals surface area contributed by atoms with Gasteiger partial charge in [0.25, 0.3) is 0 Å². The van der Waals surface area contributed by atoms with E-state index in [0.29, 0.717) is 0 Å². The van der Waals surface area contributed by atoms with E-state index in [2.05, 4.69) is 48.7 Å². The third-order valence-corrected chi connectivity index (χ3v) is 3.79. The lowest BCUT2D eigenvalue weighted by Crippen LogP contribution is -2.16. The van der Waals surface area contributed by atoms with Crippen LogP contribution in [0.25, 0.3) is 11.0 Å². The summed E-state index contributed by atoms with van der Waals surface area (Å²) in [5.41, 5.74) is 3.59. The van der Waals surface area contributed by atoms with Gasteiger partial charge in [-0.25, -0.2) is 4.98 Å². The van der Waals surface area contributed by atoms with Gasteiger partial charge in [0.1, 0.15) is 5.82 Å². The molecule has 1 heterocycles. The first-order valence-corrected chi connectivity index (χ1v) is 7.74. The Morgan fingerprint density at radius 2 is 2.10 bits per heavy atom. The lowest BCUT2D eigenvalue weighted by atomic mass is 10.1. The van der Waals surface area contributed by atoms with Crippen molar-refractivity contribution in [3.63, 3.8) is 0 Å². The Bertz CT molecular complexity index is 572. The van der Waals surface area contributed by atoms with Crippen molar-refractivity contribution in [2.75, 3.05) is 20.6 Å². The first-order valence-electron chi connectivity index (χ1n) is 7.30. The summed E-state index contributed by atoms with van der Waals surface area (Å²) in [6, 6.07) is 6.55. The fourth-order valence-corrected chi connectivity index (χ4v) is 2.66. The maximum Gasteiger partial charge on any atom is 0.127 e. The molecule has 1 aromatic carbocycles. The van der Waals surface area contributed by atoms with E-state index in [9.17, 15) is 0 Å². The second kappa shape index (κ2) is 6.59. The van der Waals surface area contributed by atoms with E-state index in [-0.39, 0.29) is 5.38 Å². The molecule has 0 saturated heterocycles. The van der Waals surface area contributed by atoms with Crippen LogP contribution in [0.3, 0.4) is 0 Å². The predicted octanol–water partition coefficient (Wildman–Crippen LogP) is 3.85. The number of halogens is 1. The molecule has 0 aliphatic carbocycles. The lowest BCUT2D eigenvalue weighted by Gasteiger charge is -2.13. The topological polar surface area (TPSA) is 21.1 Å². The smallest absolute Gasteiger partial charge is 0.127 e. The van der Waals surface area contributed by atoms with Crippen molar-refractivity contribution in [3.05, 3.63) is 29.6 Å². The van der Waals surface area contributed by atoms with Gasteiger partial charge in [-0.2, -0.15) is 0 Å². The Labute approximate surface area is 126 Å². The van der Waals surface area contributed by atoms with Gasteiger partial charge in [0, 0.05) is 6.54 Å². The van der Waals surface area contributed by atoms with Gasteiger partial charge < -0.3 is 9.47 Å². The molecule has 0 amide bonds. The molecule has 0 fully saturated rings. The maximum atomic E-state index is 6.30. The average Bonchev–Trinajstić information content (AvgIpc) is 2.76. The van der Waals surface area contributed by atoms with Crippen LogP contribution in [0.5, 0.6) is 0 Å². The highest BCUT2D eigenvalue weighted by Crippen LogP contribution is 2.25. The average molecular weight is 294 g/mol. The molecular formula is C16H24ClN3. The van der Waals surface area contributed by atoms with Crippen LogP contribution >= 0.6 is 11.6 Å². The molecule has 1 atom stereocenters. The second-order valence-electron chi connectivity index (χ2n) is 5.57. The molecule has 0 radical (unpaired) electrons. The van der Waals surface area contributed by atoms with Crippen molar-refractivity contribution in [3.8, 4) is 0 Å². The summed E-state index contributed by atoms with van der Waals surface area (Å²) in [6.07, 6.45) is 2.14. The van der Waals surface area contributed by atoms with Crippen molar-refractivity contribution in [1.82, 2.24) is 14.5 Å². The Morgan fingerprint density at radius 3 is 2.70 bits per heavy atom. The number of aromatic nitrogens is 2. The van der Waals surface area contributed by atoms with Crippen molar-refractivity contribution >= 4 is 22.6 Å². The minimum atomic E-state index is -0.0631. The summed E-state index contributed by atoms with van der Waals surface area (Å²) < 4.78 is 2.27. The third-order valence-electron chi connectivity index (χ3n) is 3.59. The van der Waals surface area contributed by atoms with E-state index >= 15 is 0 Å². The van der Waals surface area contributed by atoms with Gasteiger partial charge in [0.15, 0.2) is 0 Å². The number of hydrogen-bond acceptors (Lipinski definition) is 2. The van der Waals surface area contributed by atoms with Gasteiger partial charge in [-0.3, -0.25) is 0 Å². The Kier molecular flexibility index (Phi) is 5.06. The minimum absolute atomic E-state index is 0.0631. The summed E-state index contributed by atoms with van der Waals surface area (Å²) in [4.78, 5) is 6.94. The van der Waals surface area contributed by atoms with Crippen LogP contribution in [0.2, 0.25) is 0 Å². The zero-order valence-corrected chi connectivity index (χ0v) is 13.6. The quantitative estimate of drug-likeness (QED) is 0.754. The van der Waals surface area contributed by atoms with Gasteiger partial charge in [0.2, 0.25) is 0 Å². The van der Waals surface area contributed by atoms with E-state index in [0.717, 1.165) is 37.3 Å². The fraction of sp³-hybridized carbons (Fsp3) is 0.562. The Hall–Kier alpha value is -1.06. The van der Waals surface area contributed by atoms with Crippen LogP contribution < -0.4 is 0 Å². The van der Waals surface area contributed by atoms with Crippen molar-refractivity contribution in [2.24, 2.45) is 0 Å². The molecule has 4 heteroatoms. The van der Waals surface area contributed by atoms with E-state index in [4.69, 9.17) is 16.6 Å². The Balaban J connectivity index is 2.36. The molecule has 110 valence electrons. The normalized spacial score (nSPS) is 13.3. The number of fused-ring (bicyclic) bond motifs is 1. The van der Waals surface area contributed by atoms with Crippen LogP contribution in [0.1, 0.15) is 37.0 Å². The molecule has 1 unspecified atom stereocenters. The highest BCUT2D eigenvalue weighted by Gasteiger charge is 2.14. The summed E-state index contributed by atoms with van der Waals surface area (Å²) in [5, 5.41) is -0.0631. The molecule has 0 bridgehead atoms. The molecule has 1 aromatic heterocycles. The largest absolute Gasteiger partial charge is 0.327 e. The molecule has 0 aliphatic rings. The summed E-state index contributed by atoms with van der Waals surface area (Å²) in [7, 11) is 4.20. The van der Waals surface area contributed by atoms with Gasteiger partial charge >= 0.3 is 0 Å². The number of alkyl halides is 1. The number of imidazole rings is 1. The Morgan fingerprint density at radius 1 is 1.35 bits per heavy atom. The highest BCUT2D eigenvalue weighted by atomic mass is 35.5. The SMILES string of the molecule is CCc1ccc2c(c1)nc(C(C)Cl)n2CCCN(C)C. The molecule has 20 heavy (non-hydrogen) atoms. The summed E-state index contributed by atoms with van der Waals surface area (Å²) in [5.74, 6) is 0.980.